The SMILES string of the molecule is Nc1nc(CN2CCN(c3nc(C(F)F)nc4ccccc34)CC2)nc2ccccc12. The second kappa shape index (κ2) is 7.99. The molecule has 1 saturated heterocycles. The fourth-order valence-electron chi connectivity index (χ4n) is 3.96. The predicted molar refractivity (Wildman–Crippen MR) is 116 cm³/mol. The molecular formula is C22H21F2N7. The van der Waals surface area contributed by atoms with Crippen molar-refractivity contribution in [3.63, 3.8) is 0 Å². The highest BCUT2D eigenvalue weighted by molar-refractivity contribution is 5.89. The zero-order valence-electron chi connectivity index (χ0n) is 16.7. The first-order valence-electron chi connectivity index (χ1n) is 10.1. The summed E-state index contributed by atoms with van der Waals surface area (Å²) in [6.07, 6.45) is -2.71. The maximum atomic E-state index is 13.3. The zero-order chi connectivity index (χ0) is 21.4. The fraction of sp³-hybridized carbons (Fsp3) is 0.273. The van der Waals surface area contributed by atoms with Crippen LogP contribution in [0.3, 0.4) is 0 Å². The Hall–Kier alpha value is -3.46. The van der Waals surface area contributed by atoms with Gasteiger partial charge in [0.2, 0.25) is 0 Å². The van der Waals surface area contributed by atoms with Crippen molar-refractivity contribution >= 4 is 33.4 Å². The average Bonchev–Trinajstić information content (AvgIpc) is 2.79. The summed E-state index contributed by atoms with van der Waals surface area (Å²) < 4.78 is 26.6. The third kappa shape index (κ3) is 3.84. The molecule has 0 spiro atoms. The van der Waals surface area contributed by atoms with E-state index in [1.54, 1.807) is 12.1 Å². The number of nitrogens with two attached hydrogens (primary N) is 1. The average molecular weight is 421 g/mol. The van der Waals surface area contributed by atoms with E-state index < -0.39 is 12.2 Å². The molecule has 0 atom stereocenters. The maximum Gasteiger partial charge on any atom is 0.297 e. The largest absolute Gasteiger partial charge is 0.383 e. The number of nitrogens with zero attached hydrogens (tertiary/aromatic N) is 6. The van der Waals surface area contributed by atoms with Gasteiger partial charge in [0.1, 0.15) is 17.5 Å². The summed E-state index contributed by atoms with van der Waals surface area (Å²) in [5.74, 6) is 1.28. The van der Waals surface area contributed by atoms with Crippen LogP contribution in [0.4, 0.5) is 20.4 Å². The van der Waals surface area contributed by atoms with Crippen LogP contribution in [0.5, 0.6) is 0 Å². The van der Waals surface area contributed by atoms with Crippen LogP contribution in [0.2, 0.25) is 0 Å². The third-order valence-corrected chi connectivity index (χ3v) is 5.51. The first kappa shape index (κ1) is 19.5. The Balaban J connectivity index is 1.34. The minimum absolute atomic E-state index is 0.434. The number of hydrogen-bond donors (Lipinski definition) is 1. The lowest BCUT2D eigenvalue weighted by Crippen LogP contribution is -2.46. The number of para-hydroxylation sites is 2. The van der Waals surface area contributed by atoms with Gasteiger partial charge >= 0.3 is 0 Å². The van der Waals surface area contributed by atoms with E-state index in [1.807, 2.05) is 41.3 Å². The van der Waals surface area contributed by atoms with Gasteiger partial charge in [0, 0.05) is 37.0 Å². The van der Waals surface area contributed by atoms with Crippen LogP contribution in [0.25, 0.3) is 21.8 Å². The van der Waals surface area contributed by atoms with Gasteiger partial charge in [0.25, 0.3) is 6.43 Å². The van der Waals surface area contributed by atoms with Crippen molar-refractivity contribution in [2.75, 3.05) is 36.8 Å². The molecule has 2 aromatic heterocycles. The van der Waals surface area contributed by atoms with Crippen molar-refractivity contribution in [2.45, 2.75) is 13.0 Å². The van der Waals surface area contributed by atoms with E-state index in [2.05, 4.69) is 24.8 Å². The summed E-state index contributed by atoms with van der Waals surface area (Å²) in [7, 11) is 0. The number of hydrogen-bond acceptors (Lipinski definition) is 7. The molecule has 0 radical (unpaired) electrons. The number of nitrogen functional groups attached to an aromatic ring is 1. The molecule has 0 bridgehead atoms. The summed E-state index contributed by atoms with van der Waals surface area (Å²) in [5, 5.41) is 1.63. The molecule has 0 aliphatic carbocycles. The third-order valence-electron chi connectivity index (χ3n) is 5.51. The monoisotopic (exact) mass is 421 g/mol. The lowest BCUT2D eigenvalue weighted by atomic mass is 10.2. The Kier molecular flexibility index (Phi) is 5.03. The smallest absolute Gasteiger partial charge is 0.297 e. The van der Waals surface area contributed by atoms with Gasteiger partial charge in [-0.25, -0.2) is 28.7 Å². The minimum Gasteiger partial charge on any atom is -0.383 e. The molecule has 3 heterocycles. The Bertz CT molecular complexity index is 1240. The number of alkyl halides is 2. The van der Waals surface area contributed by atoms with E-state index in [4.69, 9.17) is 5.73 Å². The van der Waals surface area contributed by atoms with Crippen LogP contribution in [-0.4, -0.2) is 51.0 Å². The Labute approximate surface area is 177 Å². The number of aromatic nitrogens is 4. The molecule has 0 amide bonds. The molecule has 158 valence electrons. The molecule has 4 aromatic rings. The van der Waals surface area contributed by atoms with E-state index >= 15 is 0 Å². The second-order valence-corrected chi connectivity index (χ2v) is 7.53. The molecule has 7 nitrogen and oxygen atoms in total. The zero-order valence-corrected chi connectivity index (χ0v) is 16.7. The summed E-state index contributed by atoms with van der Waals surface area (Å²) in [6.45, 7) is 3.37. The minimum atomic E-state index is -2.71. The van der Waals surface area contributed by atoms with E-state index in [1.165, 1.54) is 0 Å². The van der Waals surface area contributed by atoms with Crippen molar-refractivity contribution in [2.24, 2.45) is 0 Å². The lowest BCUT2D eigenvalue weighted by molar-refractivity contribution is 0.141. The Morgan fingerprint density at radius 1 is 0.806 bits per heavy atom. The molecule has 1 fully saturated rings. The van der Waals surface area contributed by atoms with Crippen LogP contribution in [-0.2, 0) is 6.54 Å². The van der Waals surface area contributed by atoms with E-state index in [-0.39, 0.29) is 0 Å². The molecule has 1 aliphatic heterocycles. The van der Waals surface area contributed by atoms with Gasteiger partial charge in [-0.3, -0.25) is 4.90 Å². The topological polar surface area (TPSA) is 84.1 Å². The second-order valence-electron chi connectivity index (χ2n) is 7.53. The fourth-order valence-corrected chi connectivity index (χ4v) is 3.96. The first-order valence-corrected chi connectivity index (χ1v) is 10.1. The predicted octanol–water partition coefficient (Wildman–Crippen LogP) is 3.42. The Morgan fingerprint density at radius 3 is 2.16 bits per heavy atom. The van der Waals surface area contributed by atoms with Crippen LogP contribution in [0.1, 0.15) is 18.1 Å². The Morgan fingerprint density at radius 2 is 1.45 bits per heavy atom. The van der Waals surface area contributed by atoms with Gasteiger partial charge < -0.3 is 10.6 Å². The van der Waals surface area contributed by atoms with E-state index in [9.17, 15) is 8.78 Å². The standard InChI is InChI=1S/C22H21F2N7/c23-19(24)21-27-17-8-4-2-6-15(17)22(29-21)31-11-9-30(10-12-31)13-18-26-16-7-3-1-5-14(16)20(25)28-18/h1-8,19H,9-13H2,(H2,25,26,28). The molecule has 9 heteroatoms. The van der Waals surface area contributed by atoms with Crippen molar-refractivity contribution in [3.8, 4) is 0 Å². The molecule has 5 rings (SSSR count). The van der Waals surface area contributed by atoms with Gasteiger partial charge in [-0.1, -0.05) is 24.3 Å². The summed E-state index contributed by atoms with van der Waals surface area (Å²) in [5.41, 5.74) is 7.46. The van der Waals surface area contributed by atoms with Gasteiger partial charge in [-0.15, -0.1) is 0 Å². The van der Waals surface area contributed by atoms with E-state index in [0.717, 1.165) is 29.4 Å². The highest BCUT2D eigenvalue weighted by Gasteiger charge is 2.23. The van der Waals surface area contributed by atoms with Crippen LogP contribution < -0.4 is 10.6 Å². The molecule has 2 N–H and O–H groups in total. The van der Waals surface area contributed by atoms with Crippen LogP contribution >= 0.6 is 0 Å². The van der Waals surface area contributed by atoms with Crippen LogP contribution in [0.15, 0.2) is 48.5 Å². The van der Waals surface area contributed by atoms with Crippen molar-refractivity contribution in [3.05, 3.63) is 60.2 Å². The van der Waals surface area contributed by atoms with Crippen LogP contribution in [0, 0.1) is 0 Å². The molecule has 31 heavy (non-hydrogen) atoms. The molecule has 0 saturated carbocycles. The quantitative estimate of drug-likeness (QED) is 0.541. The summed E-state index contributed by atoms with van der Waals surface area (Å²) >= 11 is 0. The summed E-state index contributed by atoms with van der Waals surface area (Å²) in [6, 6.07) is 15.0. The highest BCUT2D eigenvalue weighted by Crippen LogP contribution is 2.28. The lowest BCUT2D eigenvalue weighted by Gasteiger charge is -2.35. The van der Waals surface area contributed by atoms with E-state index in [0.29, 0.717) is 42.6 Å². The molecular weight excluding hydrogens is 400 g/mol. The van der Waals surface area contributed by atoms with Crippen molar-refractivity contribution in [1.82, 2.24) is 24.8 Å². The number of halogens is 2. The van der Waals surface area contributed by atoms with Crippen molar-refractivity contribution < 1.29 is 8.78 Å². The summed E-state index contributed by atoms with van der Waals surface area (Å²) in [4.78, 5) is 21.5. The van der Waals surface area contributed by atoms with Crippen molar-refractivity contribution in [1.29, 1.82) is 0 Å². The highest BCUT2D eigenvalue weighted by atomic mass is 19.3. The molecule has 1 aliphatic rings. The number of benzene rings is 2. The maximum absolute atomic E-state index is 13.3. The number of anilines is 2. The number of piperazine rings is 1. The number of rotatable bonds is 4. The first-order chi connectivity index (χ1) is 15.1. The molecule has 0 unspecified atom stereocenters. The number of fused-ring (bicyclic) bond motifs is 2. The van der Waals surface area contributed by atoms with Gasteiger partial charge in [-0.05, 0) is 24.3 Å². The normalized spacial score (nSPS) is 15.3. The van der Waals surface area contributed by atoms with Gasteiger partial charge in [-0.2, -0.15) is 0 Å². The molecule has 2 aromatic carbocycles. The van der Waals surface area contributed by atoms with Gasteiger partial charge in [0.05, 0.1) is 17.6 Å². The van der Waals surface area contributed by atoms with Gasteiger partial charge in [0.15, 0.2) is 5.82 Å².